The Hall–Kier alpha value is -0.570. The second kappa shape index (κ2) is 5.13. The van der Waals surface area contributed by atoms with Crippen LogP contribution in [-0.4, -0.2) is 25.8 Å². The summed E-state index contributed by atoms with van der Waals surface area (Å²) in [6.45, 7) is 5.88. The molecule has 0 unspecified atom stereocenters. The minimum Gasteiger partial charge on any atom is -0.460 e. The zero-order valence-electron chi connectivity index (χ0n) is 7.59. The molecule has 0 heterocycles. The number of hydrogen-bond donors (Lipinski definition) is 0. The van der Waals surface area contributed by atoms with Crippen molar-refractivity contribution in [2.45, 2.75) is 26.9 Å². The van der Waals surface area contributed by atoms with Gasteiger partial charge in [0.2, 0.25) is 0 Å². The Labute approximate surface area is 67.7 Å². The van der Waals surface area contributed by atoms with Crippen LogP contribution in [0.2, 0.25) is 0 Å². The first-order chi connectivity index (χ1) is 5.07. The summed E-state index contributed by atoms with van der Waals surface area (Å²) in [6, 6.07) is 0. The average molecular weight is 160 g/mol. The Balaban J connectivity index is 3.57. The molecular weight excluding hydrogens is 144 g/mol. The summed E-state index contributed by atoms with van der Waals surface area (Å²) in [5, 5.41) is 0. The number of carbonyl (C=O) groups excluding carboxylic acids is 1. The molecule has 0 N–H and O–H groups in total. The molecule has 3 nitrogen and oxygen atoms in total. The van der Waals surface area contributed by atoms with E-state index in [1.807, 2.05) is 20.8 Å². The summed E-state index contributed by atoms with van der Waals surface area (Å²) < 4.78 is 9.80. The van der Waals surface area contributed by atoms with E-state index in [0.717, 1.165) is 0 Å². The molecule has 0 aromatic carbocycles. The van der Waals surface area contributed by atoms with Crippen molar-refractivity contribution in [3.05, 3.63) is 0 Å². The Kier molecular flexibility index (Phi) is 4.86. The average Bonchev–Trinajstić information content (AvgIpc) is 1.87. The van der Waals surface area contributed by atoms with Gasteiger partial charge >= 0.3 is 5.97 Å². The predicted octanol–water partition coefficient (Wildman–Crippen LogP) is 1.22. The van der Waals surface area contributed by atoms with Crippen LogP contribution in [0, 0.1) is 5.92 Å². The van der Waals surface area contributed by atoms with Gasteiger partial charge in [-0.15, -0.1) is 0 Å². The maximum atomic E-state index is 11.0. The highest BCUT2D eigenvalue weighted by Gasteiger charge is 2.12. The number of carbonyl (C=O) groups is 1. The smallest absolute Gasteiger partial charge is 0.308 e. The maximum absolute atomic E-state index is 11.0. The Morgan fingerprint density at radius 1 is 1.36 bits per heavy atom. The monoisotopic (exact) mass is 160 g/mol. The third-order valence-corrected chi connectivity index (χ3v) is 1.19. The molecule has 0 aliphatic carbocycles. The fraction of sp³-hybridized carbons (Fsp3) is 0.875. The van der Waals surface area contributed by atoms with Crippen LogP contribution >= 0.6 is 0 Å². The van der Waals surface area contributed by atoms with E-state index in [2.05, 4.69) is 0 Å². The zero-order valence-corrected chi connectivity index (χ0v) is 7.59. The maximum Gasteiger partial charge on any atom is 0.308 e. The molecule has 0 rings (SSSR count). The van der Waals surface area contributed by atoms with Crippen LogP contribution in [0.25, 0.3) is 0 Å². The van der Waals surface area contributed by atoms with E-state index < -0.39 is 0 Å². The van der Waals surface area contributed by atoms with Crippen molar-refractivity contribution < 1.29 is 14.3 Å². The molecule has 0 saturated carbocycles. The lowest BCUT2D eigenvalue weighted by atomic mass is 10.2. The van der Waals surface area contributed by atoms with Gasteiger partial charge in [0.15, 0.2) is 0 Å². The Morgan fingerprint density at radius 3 is 2.27 bits per heavy atom. The minimum absolute atomic E-state index is 0.0608. The molecule has 0 saturated heterocycles. The quantitative estimate of drug-likeness (QED) is 0.580. The predicted molar refractivity (Wildman–Crippen MR) is 42.3 cm³/mol. The number of methoxy groups -OCH3 is 1. The Morgan fingerprint density at radius 2 is 1.91 bits per heavy atom. The molecule has 0 aliphatic rings. The first kappa shape index (κ1) is 10.4. The molecule has 0 aromatic rings. The van der Waals surface area contributed by atoms with E-state index in [1.54, 1.807) is 7.11 Å². The fourth-order valence-corrected chi connectivity index (χ4v) is 0.603. The van der Waals surface area contributed by atoms with Gasteiger partial charge in [0.25, 0.3) is 0 Å². The first-order valence-corrected chi connectivity index (χ1v) is 3.77. The van der Waals surface area contributed by atoms with E-state index in [9.17, 15) is 4.79 Å². The summed E-state index contributed by atoms with van der Waals surface area (Å²) in [4.78, 5) is 11.0. The number of rotatable bonds is 4. The standard InChI is InChI=1S/C8H16O3/c1-6(2)8(9)11-7(3)5-10-4/h6-7H,5H2,1-4H3/t7-/m0/s1. The molecular formula is C8H16O3. The van der Waals surface area contributed by atoms with Gasteiger partial charge in [-0.25, -0.2) is 0 Å². The second-order valence-corrected chi connectivity index (χ2v) is 2.86. The number of ether oxygens (including phenoxy) is 2. The van der Waals surface area contributed by atoms with Crippen molar-refractivity contribution >= 4 is 5.97 Å². The molecule has 0 spiro atoms. The van der Waals surface area contributed by atoms with E-state index in [1.165, 1.54) is 0 Å². The highest BCUT2D eigenvalue weighted by Crippen LogP contribution is 2.00. The first-order valence-electron chi connectivity index (χ1n) is 3.77. The number of hydrogen-bond acceptors (Lipinski definition) is 3. The topological polar surface area (TPSA) is 35.5 Å². The lowest BCUT2D eigenvalue weighted by molar-refractivity contribution is -0.154. The molecule has 0 aromatic heterocycles. The normalized spacial score (nSPS) is 13.2. The molecule has 1 atom stereocenters. The highest BCUT2D eigenvalue weighted by atomic mass is 16.6. The lowest BCUT2D eigenvalue weighted by Gasteiger charge is -2.13. The third kappa shape index (κ3) is 4.79. The van der Waals surface area contributed by atoms with Crippen molar-refractivity contribution in [3.63, 3.8) is 0 Å². The third-order valence-electron chi connectivity index (χ3n) is 1.19. The van der Waals surface area contributed by atoms with Crippen LogP contribution in [0.15, 0.2) is 0 Å². The van der Waals surface area contributed by atoms with Gasteiger partial charge in [-0.05, 0) is 6.92 Å². The van der Waals surface area contributed by atoms with Crippen molar-refractivity contribution in [3.8, 4) is 0 Å². The molecule has 0 amide bonds. The van der Waals surface area contributed by atoms with E-state index in [0.29, 0.717) is 6.61 Å². The van der Waals surface area contributed by atoms with Crippen LogP contribution in [-0.2, 0) is 14.3 Å². The van der Waals surface area contributed by atoms with Crippen molar-refractivity contribution in [1.82, 2.24) is 0 Å². The lowest BCUT2D eigenvalue weighted by Crippen LogP contribution is -2.22. The summed E-state index contributed by atoms with van der Waals surface area (Å²) in [6.07, 6.45) is -0.144. The number of esters is 1. The molecule has 0 fully saturated rings. The van der Waals surface area contributed by atoms with Crippen LogP contribution in [0.5, 0.6) is 0 Å². The highest BCUT2D eigenvalue weighted by molar-refractivity contribution is 5.71. The van der Waals surface area contributed by atoms with Gasteiger partial charge in [-0.1, -0.05) is 13.8 Å². The van der Waals surface area contributed by atoms with Crippen molar-refractivity contribution in [2.24, 2.45) is 5.92 Å². The fourth-order valence-electron chi connectivity index (χ4n) is 0.603. The van der Waals surface area contributed by atoms with E-state index in [-0.39, 0.29) is 18.0 Å². The van der Waals surface area contributed by atoms with Gasteiger partial charge in [0, 0.05) is 7.11 Å². The van der Waals surface area contributed by atoms with E-state index >= 15 is 0 Å². The van der Waals surface area contributed by atoms with Crippen LogP contribution in [0.1, 0.15) is 20.8 Å². The summed E-state index contributed by atoms with van der Waals surface area (Å²) in [7, 11) is 1.58. The van der Waals surface area contributed by atoms with Gasteiger partial charge in [-0.3, -0.25) is 4.79 Å². The molecule has 0 bridgehead atoms. The van der Waals surface area contributed by atoms with Gasteiger partial charge in [-0.2, -0.15) is 0 Å². The van der Waals surface area contributed by atoms with Gasteiger partial charge in [0.05, 0.1) is 12.5 Å². The summed E-state index contributed by atoms with van der Waals surface area (Å²) >= 11 is 0. The minimum atomic E-state index is -0.172. The van der Waals surface area contributed by atoms with Gasteiger partial charge in [0.1, 0.15) is 6.10 Å². The Bertz CT molecular complexity index is 121. The summed E-state index contributed by atoms with van der Waals surface area (Å²) in [5.41, 5.74) is 0. The summed E-state index contributed by atoms with van der Waals surface area (Å²) in [5.74, 6) is -0.233. The van der Waals surface area contributed by atoms with Crippen LogP contribution < -0.4 is 0 Å². The zero-order chi connectivity index (χ0) is 8.85. The van der Waals surface area contributed by atoms with Crippen LogP contribution in [0.4, 0.5) is 0 Å². The van der Waals surface area contributed by atoms with Crippen molar-refractivity contribution in [2.75, 3.05) is 13.7 Å². The SMILES string of the molecule is COC[C@H](C)OC(=O)C(C)C. The molecule has 11 heavy (non-hydrogen) atoms. The molecule has 66 valence electrons. The molecule has 0 aliphatic heterocycles. The van der Waals surface area contributed by atoms with E-state index in [4.69, 9.17) is 9.47 Å². The second-order valence-electron chi connectivity index (χ2n) is 2.86. The van der Waals surface area contributed by atoms with Crippen LogP contribution in [0.3, 0.4) is 0 Å². The molecule has 3 heteroatoms. The van der Waals surface area contributed by atoms with Gasteiger partial charge < -0.3 is 9.47 Å². The largest absolute Gasteiger partial charge is 0.460 e. The molecule has 0 radical (unpaired) electrons. The van der Waals surface area contributed by atoms with Crippen molar-refractivity contribution in [1.29, 1.82) is 0 Å².